The Balaban J connectivity index is 1.68. The topological polar surface area (TPSA) is 88.8 Å². The zero-order valence-electron chi connectivity index (χ0n) is 13.7. The van der Waals surface area contributed by atoms with Crippen LogP contribution in [0.1, 0.15) is 29.5 Å². The van der Waals surface area contributed by atoms with Crippen molar-refractivity contribution in [2.75, 3.05) is 11.5 Å². The summed E-state index contributed by atoms with van der Waals surface area (Å²) in [6, 6.07) is 9.17. The van der Waals surface area contributed by atoms with Gasteiger partial charge in [0.15, 0.2) is 0 Å². The average Bonchev–Trinajstić information content (AvgIpc) is 3.21. The van der Waals surface area contributed by atoms with E-state index in [0.29, 0.717) is 23.6 Å². The highest BCUT2D eigenvalue weighted by Crippen LogP contribution is 2.23. The highest BCUT2D eigenvalue weighted by atomic mass is 16.5. The fraction of sp³-hybridized carbons (Fsp3) is 0.278. The van der Waals surface area contributed by atoms with Crippen LogP contribution in [0.3, 0.4) is 0 Å². The summed E-state index contributed by atoms with van der Waals surface area (Å²) in [5.41, 5.74) is 0.808. The number of furan rings is 1. The number of anilines is 1. The number of nitrogens with zero attached hydrogens (tertiary/aromatic N) is 1. The van der Waals surface area contributed by atoms with Gasteiger partial charge >= 0.3 is 5.97 Å². The summed E-state index contributed by atoms with van der Waals surface area (Å²) in [5, 5.41) is 3.03. The van der Waals surface area contributed by atoms with Crippen molar-refractivity contribution in [1.29, 1.82) is 0 Å². The molecule has 0 radical (unpaired) electrons. The number of benzene rings is 1. The van der Waals surface area contributed by atoms with Gasteiger partial charge in [-0.2, -0.15) is 0 Å². The van der Waals surface area contributed by atoms with Gasteiger partial charge in [-0.25, -0.2) is 9.69 Å². The van der Waals surface area contributed by atoms with Crippen LogP contribution in [0.15, 0.2) is 47.1 Å². The lowest BCUT2D eigenvalue weighted by Crippen LogP contribution is -2.38. The first-order valence-electron chi connectivity index (χ1n) is 8.00. The Hall–Kier alpha value is -2.93. The van der Waals surface area contributed by atoms with Crippen LogP contribution in [0.25, 0.3) is 0 Å². The Morgan fingerprint density at radius 2 is 2.04 bits per heavy atom. The molecule has 1 N–H and O–H groups in total. The summed E-state index contributed by atoms with van der Waals surface area (Å²) in [7, 11) is 0. The molecule has 0 saturated carbocycles. The van der Waals surface area contributed by atoms with Crippen LogP contribution >= 0.6 is 0 Å². The van der Waals surface area contributed by atoms with Crippen molar-refractivity contribution in [3.63, 3.8) is 0 Å². The van der Waals surface area contributed by atoms with Gasteiger partial charge in [-0.05, 0) is 43.3 Å². The Morgan fingerprint density at radius 3 is 2.68 bits per heavy atom. The molecule has 7 nitrogen and oxygen atoms in total. The number of hydrogen-bond acceptors (Lipinski definition) is 6. The van der Waals surface area contributed by atoms with Crippen molar-refractivity contribution < 1.29 is 23.5 Å². The van der Waals surface area contributed by atoms with E-state index in [0.717, 1.165) is 4.90 Å². The van der Waals surface area contributed by atoms with E-state index in [4.69, 9.17) is 9.15 Å². The number of carbonyl (C=O) groups excluding carboxylic acids is 3. The lowest BCUT2D eigenvalue weighted by molar-refractivity contribution is -0.121. The fourth-order valence-electron chi connectivity index (χ4n) is 2.66. The van der Waals surface area contributed by atoms with Gasteiger partial charge in [0.05, 0.1) is 43.1 Å². The van der Waals surface area contributed by atoms with Crippen molar-refractivity contribution in [1.82, 2.24) is 5.32 Å². The van der Waals surface area contributed by atoms with Crippen LogP contribution in [0.4, 0.5) is 5.69 Å². The Kier molecular flexibility index (Phi) is 4.95. The van der Waals surface area contributed by atoms with E-state index >= 15 is 0 Å². The molecule has 0 bridgehead atoms. The van der Waals surface area contributed by atoms with Crippen LogP contribution in [0.5, 0.6) is 0 Å². The maximum absolute atomic E-state index is 12.5. The second kappa shape index (κ2) is 7.31. The number of rotatable bonds is 6. The van der Waals surface area contributed by atoms with E-state index in [1.165, 1.54) is 12.1 Å². The molecule has 1 saturated heterocycles. The maximum Gasteiger partial charge on any atom is 0.338 e. The third-order valence-electron chi connectivity index (χ3n) is 3.89. The Morgan fingerprint density at radius 1 is 1.28 bits per heavy atom. The minimum atomic E-state index is -0.595. The van der Waals surface area contributed by atoms with Gasteiger partial charge in [-0.1, -0.05) is 0 Å². The van der Waals surface area contributed by atoms with Crippen molar-refractivity contribution in [3.05, 3.63) is 54.0 Å². The van der Waals surface area contributed by atoms with Crippen LogP contribution in [-0.2, 0) is 20.9 Å². The largest absolute Gasteiger partial charge is 0.468 e. The molecule has 130 valence electrons. The highest BCUT2D eigenvalue weighted by Gasteiger charge is 2.39. The van der Waals surface area contributed by atoms with Crippen LogP contribution in [0.2, 0.25) is 0 Å². The highest BCUT2D eigenvalue weighted by molar-refractivity contribution is 6.22. The molecule has 2 heterocycles. The second-order valence-electron chi connectivity index (χ2n) is 5.55. The smallest absolute Gasteiger partial charge is 0.338 e. The molecular formula is C18H18N2O5. The number of esters is 1. The lowest BCUT2D eigenvalue weighted by Gasteiger charge is -2.15. The molecule has 1 unspecified atom stereocenters. The summed E-state index contributed by atoms with van der Waals surface area (Å²) in [5.74, 6) is -0.352. The van der Waals surface area contributed by atoms with Crippen LogP contribution in [0, 0.1) is 0 Å². The molecule has 2 aromatic rings. The summed E-state index contributed by atoms with van der Waals surface area (Å²) in [4.78, 5) is 37.5. The average molecular weight is 342 g/mol. The van der Waals surface area contributed by atoms with Crippen molar-refractivity contribution in [2.24, 2.45) is 0 Å². The minimum Gasteiger partial charge on any atom is -0.468 e. The molecule has 1 aliphatic rings. The zero-order valence-corrected chi connectivity index (χ0v) is 13.7. The zero-order chi connectivity index (χ0) is 17.8. The first-order chi connectivity index (χ1) is 12.1. The lowest BCUT2D eigenvalue weighted by atomic mass is 10.2. The molecule has 1 aromatic heterocycles. The Bertz CT molecular complexity index is 767. The number of amides is 2. The quantitative estimate of drug-likeness (QED) is 0.637. The van der Waals surface area contributed by atoms with Crippen LogP contribution in [-0.4, -0.2) is 30.4 Å². The summed E-state index contributed by atoms with van der Waals surface area (Å²) in [6.45, 7) is 2.38. The van der Waals surface area contributed by atoms with Gasteiger partial charge in [-0.3, -0.25) is 14.9 Å². The molecule has 7 heteroatoms. The maximum atomic E-state index is 12.5. The monoisotopic (exact) mass is 342 g/mol. The standard InChI is InChI=1S/C18H18N2O5/c1-2-24-18(23)12-5-7-13(8-6-12)20-16(21)10-15(17(20)22)19-11-14-4-3-9-25-14/h3-9,15,19H,2,10-11H2,1H3. The van der Waals surface area contributed by atoms with E-state index in [1.54, 1.807) is 37.5 Å². The molecule has 1 aromatic carbocycles. The third-order valence-corrected chi connectivity index (χ3v) is 3.89. The van der Waals surface area contributed by atoms with Gasteiger partial charge in [0.2, 0.25) is 5.91 Å². The van der Waals surface area contributed by atoms with Gasteiger partial charge < -0.3 is 9.15 Å². The van der Waals surface area contributed by atoms with Crippen LogP contribution < -0.4 is 10.2 Å². The van der Waals surface area contributed by atoms with Gasteiger partial charge in [0.25, 0.3) is 5.91 Å². The molecular weight excluding hydrogens is 324 g/mol. The van der Waals surface area contributed by atoms with E-state index in [1.807, 2.05) is 0 Å². The van der Waals surface area contributed by atoms with Gasteiger partial charge in [0, 0.05) is 0 Å². The van der Waals surface area contributed by atoms with Crippen molar-refractivity contribution in [3.8, 4) is 0 Å². The normalized spacial score (nSPS) is 17.2. The second-order valence-corrected chi connectivity index (χ2v) is 5.55. The summed E-state index contributed by atoms with van der Waals surface area (Å²) < 4.78 is 10.1. The van der Waals surface area contributed by atoms with E-state index in [9.17, 15) is 14.4 Å². The molecule has 3 rings (SSSR count). The molecule has 1 aliphatic heterocycles. The predicted octanol–water partition coefficient (Wildman–Crippen LogP) is 1.88. The van der Waals surface area contributed by atoms with E-state index in [2.05, 4.69) is 5.32 Å². The van der Waals surface area contributed by atoms with Crippen molar-refractivity contribution in [2.45, 2.75) is 25.9 Å². The molecule has 1 atom stereocenters. The van der Waals surface area contributed by atoms with Gasteiger partial charge in [-0.15, -0.1) is 0 Å². The van der Waals surface area contributed by atoms with Gasteiger partial charge in [0.1, 0.15) is 5.76 Å². The molecule has 0 aliphatic carbocycles. The fourth-order valence-corrected chi connectivity index (χ4v) is 2.66. The SMILES string of the molecule is CCOC(=O)c1ccc(N2C(=O)CC(NCc3ccco3)C2=O)cc1. The number of nitrogens with one attached hydrogen (secondary N) is 1. The van der Waals surface area contributed by atoms with E-state index in [-0.39, 0.29) is 24.8 Å². The predicted molar refractivity (Wildman–Crippen MR) is 88.8 cm³/mol. The minimum absolute atomic E-state index is 0.0825. The summed E-state index contributed by atoms with van der Waals surface area (Å²) >= 11 is 0. The first-order valence-corrected chi connectivity index (χ1v) is 8.00. The number of carbonyl (C=O) groups is 3. The number of imide groups is 1. The molecule has 2 amide bonds. The first kappa shape index (κ1) is 16.9. The van der Waals surface area contributed by atoms with E-state index < -0.39 is 12.0 Å². The molecule has 1 fully saturated rings. The number of ether oxygens (including phenoxy) is 1. The number of hydrogen-bond donors (Lipinski definition) is 1. The molecule has 0 spiro atoms. The third kappa shape index (κ3) is 3.61. The Labute approximate surface area is 144 Å². The van der Waals surface area contributed by atoms with Crippen molar-refractivity contribution >= 4 is 23.5 Å². The summed E-state index contributed by atoms with van der Waals surface area (Å²) in [6.07, 6.45) is 1.63. The molecule has 25 heavy (non-hydrogen) atoms.